The van der Waals surface area contributed by atoms with Gasteiger partial charge in [-0.3, -0.25) is 19.6 Å². The molecule has 2 aromatic carbocycles. The van der Waals surface area contributed by atoms with Gasteiger partial charge < -0.3 is 20.3 Å². The molecule has 0 aliphatic carbocycles. The zero-order valence-corrected chi connectivity index (χ0v) is 38.9. The highest BCUT2D eigenvalue weighted by molar-refractivity contribution is 6.29. The third-order valence-corrected chi connectivity index (χ3v) is 10.6. The van der Waals surface area contributed by atoms with Crippen molar-refractivity contribution in [3.05, 3.63) is 132 Å². The minimum Gasteiger partial charge on any atom is -0.331 e. The number of pyridine rings is 2. The normalized spacial score (nSPS) is 11.0. The lowest BCUT2D eigenvalue weighted by molar-refractivity contribution is -0.204. The van der Waals surface area contributed by atoms with Crippen molar-refractivity contribution in [2.45, 2.75) is 117 Å². The number of amides is 4. The number of carbonyl (C=O) groups excluding carboxylic acids is 4. The van der Waals surface area contributed by atoms with Crippen molar-refractivity contribution in [1.82, 2.24) is 40.9 Å². The molecule has 4 aromatic rings. The summed E-state index contributed by atoms with van der Waals surface area (Å²) in [5.41, 5.74) is 3.74. The van der Waals surface area contributed by atoms with E-state index in [0.29, 0.717) is 26.1 Å². The van der Waals surface area contributed by atoms with Gasteiger partial charge in [0.2, 0.25) is 0 Å². The summed E-state index contributed by atoms with van der Waals surface area (Å²) in [6, 6.07) is 25.9. The summed E-state index contributed by atoms with van der Waals surface area (Å²) in [5, 5.41) is 11.1. The van der Waals surface area contributed by atoms with Gasteiger partial charge in [0, 0.05) is 64.1 Å². The van der Waals surface area contributed by atoms with Gasteiger partial charge in [-0.15, -0.1) is 0 Å². The summed E-state index contributed by atoms with van der Waals surface area (Å²) in [7, 11) is 0. The summed E-state index contributed by atoms with van der Waals surface area (Å²) >= 11 is 0. The largest absolute Gasteiger partial charge is 0.444 e. The van der Waals surface area contributed by atoms with Crippen LogP contribution in [0.3, 0.4) is 0 Å². The molecule has 0 unspecified atom stereocenters. The number of aromatic nitrogens is 2. The van der Waals surface area contributed by atoms with Gasteiger partial charge in [0.1, 0.15) is 0 Å². The second-order valence-electron chi connectivity index (χ2n) is 15.8. The van der Waals surface area contributed by atoms with Crippen molar-refractivity contribution < 1.29 is 38.5 Å². The monoisotopic (exact) mass is 911 g/mol. The van der Waals surface area contributed by atoms with Crippen molar-refractivity contribution >= 4 is 24.0 Å². The molecule has 0 saturated heterocycles. The molecule has 16 heteroatoms. The number of unbranched alkanes of at least 4 members (excludes halogenated alkanes) is 10. The first-order chi connectivity index (χ1) is 32.3. The van der Waals surface area contributed by atoms with Crippen molar-refractivity contribution in [3.8, 4) is 0 Å². The Hall–Kier alpha value is -5.94. The van der Waals surface area contributed by atoms with E-state index in [4.69, 9.17) is 19.4 Å². The molecule has 16 nitrogen and oxygen atoms in total. The molecule has 0 fully saturated rings. The molecule has 0 spiro atoms. The van der Waals surface area contributed by atoms with Crippen LogP contribution in [0.1, 0.15) is 113 Å². The van der Waals surface area contributed by atoms with Crippen LogP contribution in [0.5, 0.6) is 0 Å². The zero-order valence-electron chi connectivity index (χ0n) is 38.9. The standard InChI is InChI=1S/C50H70N8O8/c1-3-55(63-41-43-25-15-13-16-26-43)33-19-9-5-7-11-21-35-57(49(61)53-39-45-29-23-31-51-37-45)65-47(59)48(60)66-58(50(62)54-40-46-30-24-32-52-38-46)36-22-12-8-6-10-20-34-56(4-2)64-42-44-27-17-14-18-28-44/h13-18,23-32,37-38H,3-12,19-22,33-36,39-42H2,1-2H3,(H,53,61)(H,54,62). The lowest BCUT2D eigenvalue weighted by Gasteiger charge is -2.23. The summed E-state index contributed by atoms with van der Waals surface area (Å²) in [6.07, 6.45) is 16.8. The number of nitrogens with one attached hydrogen (secondary N) is 2. The molecule has 0 saturated carbocycles. The molecule has 0 atom stereocenters. The van der Waals surface area contributed by atoms with Crippen LogP contribution >= 0.6 is 0 Å². The highest BCUT2D eigenvalue weighted by Crippen LogP contribution is 2.13. The predicted octanol–water partition coefficient (Wildman–Crippen LogP) is 8.71. The van der Waals surface area contributed by atoms with Crippen LogP contribution in [0.25, 0.3) is 0 Å². The Balaban J connectivity index is 1.22. The van der Waals surface area contributed by atoms with E-state index in [9.17, 15) is 19.2 Å². The van der Waals surface area contributed by atoms with Crippen LogP contribution < -0.4 is 10.6 Å². The van der Waals surface area contributed by atoms with Crippen molar-refractivity contribution in [2.75, 3.05) is 39.3 Å². The van der Waals surface area contributed by atoms with Gasteiger partial charge in [0.15, 0.2) is 0 Å². The molecule has 0 aliphatic rings. The molecule has 0 bridgehead atoms. The quantitative estimate of drug-likeness (QED) is 0.0291. The number of nitrogens with zero attached hydrogens (tertiary/aromatic N) is 6. The molecule has 4 rings (SSSR count). The third-order valence-electron chi connectivity index (χ3n) is 10.6. The third kappa shape index (κ3) is 22.3. The minimum absolute atomic E-state index is 0.0430. The molecule has 2 heterocycles. The molecule has 2 aromatic heterocycles. The van der Waals surface area contributed by atoms with Crippen LogP contribution in [0.15, 0.2) is 110 Å². The van der Waals surface area contributed by atoms with Gasteiger partial charge in [0.25, 0.3) is 0 Å². The SMILES string of the molecule is CCN(CCCCCCCCN(OC(=O)C(=O)ON(CCCCCCCCN(CC)OCc1ccccc1)C(=O)NCc1cccnc1)C(=O)NCc1cccnc1)OCc1ccccc1. The van der Waals surface area contributed by atoms with Crippen LogP contribution in [0.4, 0.5) is 9.59 Å². The Morgan fingerprint density at radius 3 is 1.15 bits per heavy atom. The molecule has 4 amide bonds. The molecule has 66 heavy (non-hydrogen) atoms. The van der Waals surface area contributed by atoms with E-state index in [0.717, 1.165) is 123 Å². The van der Waals surface area contributed by atoms with Crippen LogP contribution in [-0.4, -0.2) is 93.5 Å². The number of rotatable bonds is 30. The average Bonchev–Trinajstić information content (AvgIpc) is 3.36. The smallest absolute Gasteiger partial charge is 0.331 e. The molecule has 0 radical (unpaired) electrons. The van der Waals surface area contributed by atoms with E-state index in [-0.39, 0.29) is 26.2 Å². The maximum atomic E-state index is 13.3. The Morgan fingerprint density at radius 1 is 0.455 bits per heavy atom. The fourth-order valence-electron chi connectivity index (χ4n) is 6.80. The number of hydrogen-bond donors (Lipinski definition) is 2. The topological polar surface area (TPSA) is 168 Å². The lowest BCUT2D eigenvalue weighted by atomic mass is 10.1. The molecule has 2 N–H and O–H groups in total. The van der Waals surface area contributed by atoms with Crippen LogP contribution in [0, 0.1) is 0 Å². The van der Waals surface area contributed by atoms with Crippen molar-refractivity contribution in [3.63, 3.8) is 0 Å². The number of benzene rings is 2. The van der Waals surface area contributed by atoms with Gasteiger partial charge in [-0.2, -0.15) is 20.3 Å². The average molecular weight is 911 g/mol. The number of hydrogen-bond acceptors (Lipinski definition) is 12. The molecule has 358 valence electrons. The Labute approximate surface area is 390 Å². The van der Waals surface area contributed by atoms with E-state index >= 15 is 0 Å². The fourth-order valence-corrected chi connectivity index (χ4v) is 6.80. The minimum atomic E-state index is -1.43. The molecular formula is C50H70N8O8. The van der Waals surface area contributed by atoms with Gasteiger partial charge in [-0.1, -0.05) is 138 Å². The van der Waals surface area contributed by atoms with E-state index in [2.05, 4.69) is 34.4 Å². The summed E-state index contributed by atoms with van der Waals surface area (Å²) in [6.45, 7) is 8.81. The predicted molar refractivity (Wildman–Crippen MR) is 251 cm³/mol. The van der Waals surface area contributed by atoms with Crippen molar-refractivity contribution in [1.29, 1.82) is 0 Å². The van der Waals surface area contributed by atoms with E-state index in [1.807, 2.05) is 70.8 Å². The first kappa shape index (κ1) is 52.7. The number of hydroxylamine groups is 8. The summed E-state index contributed by atoms with van der Waals surface area (Å²) in [5.74, 6) is -2.86. The van der Waals surface area contributed by atoms with Crippen LogP contribution in [0.2, 0.25) is 0 Å². The van der Waals surface area contributed by atoms with Crippen LogP contribution in [-0.2, 0) is 55.2 Å². The second-order valence-corrected chi connectivity index (χ2v) is 15.8. The van der Waals surface area contributed by atoms with Gasteiger partial charge in [0.05, 0.1) is 26.3 Å². The Morgan fingerprint density at radius 2 is 0.803 bits per heavy atom. The lowest BCUT2D eigenvalue weighted by Crippen LogP contribution is -2.46. The van der Waals surface area contributed by atoms with E-state index in [1.165, 1.54) is 0 Å². The molecular weight excluding hydrogens is 841 g/mol. The Kier molecular flexibility index (Phi) is 26.1. The highest BCUT2D eigenvalue weighted by atomic mass is 16.8. The fraction of sp³-hybridized carbons (Fsp3) is 0.480. The summed E-state index contributed by atoms with van der Waals surface area (Å²) in [4.78, 5) is 83.9. The second kappa shape index (κ2) is 32.7. The van der Waals surface area contributed by atoms with Gasteiger partial charge in [-0.05, 0) is 60.1 Å². The van der Waals surface area contributed by atoms with Crippen molar-refractivity contribution in [2.24, 2.45) is 0 Å². The maximum Gasteiger partial charge on any atom is 0.444 e. The molecule has 0 aliphatic heterocycles. The van der Waals surface area contributed by atoms with Gasteiger partial charge in [-0.25, -0.2) is 19.2 Å². The van der Waals surface area contributed by atoms with E-state index in [1.54, 1.807) is 49.1 Å². The zero-order chi connectivity index (χ0) is 46.9. The Bertz CT molecular complexity index is 1780. The first-order valence-corrected chi connectivity index (χ1v) is 23.5. The maximum absolute atomic E-state index is 13.3. The van der Waals surface area contributed by atoms with E-state index < -0.39 is 24.0 Å². The highest BCUT2D eigenvalue weighted by Gasteiger charge is 2.29. The first-order valence-electron chi connectivity index (χ1n) is 23.5. The number of urea groups is 2. The summed E-state index contributed by atoms with van der Waals surface area (Å²) < 4.78 is 0. The number of carbonyl (C=O) groups is 4. The van der Waals surface area contributed by atoms with Gasteiger partial charge >= 0.3 is 24.0 Å².